The zero-order chi connectivity index (χ0) is 15.4. The highest BCUT2D eigenvalue weighted by molar-refractivity contribution is 5.72. The van der Waals surface area contributed by atoms with E-state index in [1.54, 1.807) is 11.8 Å². The second kappa shape index (κ2) is 6.97. The van der Waals surface area contributed by atoms with Crippen LogP contribution in [0.3, 0.4) is 0 Å². The Labute approximate surface area is 128 Å². The molecule has 0 saturated heterocycles. The van der Waals surface area contributed by atoms with Crippen LogP contribution in [0.4, 0.5) is 5.69 Å². The smallest absolute Gasteiger partial charge is 0.219 e. The van der Waals surface area contributed by atoms with Crippen LogP contribution in [-0.2, 0) is 11.3 Å². The number of nitrogens with zero attached hydrogens (tertiary/aromatic N) is 1. The molecule has 3 atom stereocenters. The van der Waals surface area contributed by atoms with Crippen molar-refractivity contribution in [2.24, 2.45) is 11.8 Å². The molecule has 0 heterocycles. The summed E-state index contributed by atoms with van der Waals surface area (Å²) in [6.45, 7) is 6.99. The van der Waals surface area contributed by atoms with E-state index in [1.807, 2.05) is 7.05 Å². The molecule has 1 amide bonds. The van der Waals surface area contributed by atoms with Gasteiger partial charge in [0.05, 0.1) is 0 Å². The molecule has 116 valence electrons. The summed E-state index contributed by atoms with van der Waals surface area (Å²) in [6, 6.07) is 9.02. The Morgan fingerprint density at radius 1 is 1.33 bits per heavy atom. The van der Waals surface area contributed by atoms with E-state index in [0.29, 0.717) is 18.5 Å². The van der Waals surface area contributed by atoms with E-state index >= 15 is 0 Å². The highest BCUT2D eigenvalue weighted by Gasteiger charge is 2.26. The molecule has 3 unspecified atom stereocenters. The quantitative estimate of drug-likeness (QED) is 0.911. The van der Waals surface area contributed by atoms with Gasteiger partial charge in [0.2, 0.25) is 5.91 Å². The molecule has 1 aliphatic carbocycles. The number of carbonyl (C=O) groups excluding carboxylic acids is 1. The largest absolute Gasteiger partial charge is 0.382 e. The van der Waals surface area contributed by atoms with Crippen LogP contribution in [0, 0.1) is 11.8 Å². The number of anilines is 1. The number of carbonyl (C=O) groups is 1. The minimum absolute atomic E-state index is 0.100. The second-order valence-electron chi connectivity index (χ2n) is 6.59. The Bertz CT molecular complexity index is 486. The third kappa shape index (κ3) is 4.23. The van der Waals surface area contributed by atoms with E-state index in [1.165, 1.54) is 30.5 Å². The Balaban J connectivity index is 2.02. The van der Waals surface area contributed by atoms with Gasteiger partial charge in [0.1, 0.15) is 0 Å². The summed E-state index contributed by atoms with van der Waals surface area (Å²) in [5.74, 6) is 1.61. The molecule has 21 heavy (non-hydrogen) atoms. The number of benzene rings is 1. The van der Waals surface area contributed by atoms with Crippen molar-refractivity contribution in [1.29, 1.82) is 0 Å². The van der Waals surface area contributed by atoms with Gasteiger partial charge in [-0.2, -0.15) is 0 Å². The van der Waals surface area contributed by atoms with Gasteiger partial charge in [0.15, 0.2) is 0 Å². The first-order chi connectivity index (χ1) is 9.97. The van der Waals surface area contributed by atoms with E-state index < -0.39 is 0 Å². The molecule has 3 heteroatoms. The minimum atomic E-state index is 0.100. The van der Waals surface area contributed by atoms with E-state index in [-0.39, 0.29) is 5.91 Å². The molecule has 0 radical (unpaired) electrons. The first-order valence-corrected chi connectivity index (χ1v) is 8.04. The van der Waals surface area contributed by atoms with Gasteiger partial charge in [0, 0.05) is 32.2 Å². The maximum Gasteiger partial charge on any atom is 0.219 e. The normalized spacial score (nSPS) is 25.4. The van der Waals surface area contributed by atoms with E-state index in [9.17, 15) is 4.79 Å². The average Bonchev–Trinajstić information content (AvgIpc) is 2.44. The van der Waals surface area contributed by atoms with Crippen LogP contribution in [0.25, 0.3) is 0 Å². The number of hydrogen-bond acceptors (Lipinski definition) is 2. The molecule has 0 spiro atoms. The lowest BCUT2D eigenvalue weighted by Crippen LogP contribution is -2.35. The Morgan fingerprint density at radius 3 is 2.81 bits per heavy atom. The van der Waals surface area contributed by atoms with Crippen molar-refractivity contribution in [2.75, 3.05) is 12.4 Å². The summed E-state index contributed by atoms with van der Waals surface area (Å²) >= 11 is 0. The fourth-order valence-electron chi connectivity index (χ4n) is 3.14. The number of hydrogen-bond donors (Lipinski definition) is 1. The van der Waals surface area contributed by atoms with Crippen molar-refractivity contribution in [3.8, 4) is 0 Å². The molecule has 1 N–H and O–H groups in total. The summed E-state index contributed by atoms with van der Waals surface area (Å²) in [5, 5.41) is 3.70. The van der Waals surface area contributed by atoms with Crippen molar-refractivity contribution in [2.45, 2.75) is 52.6 Å². The molecular formula is C18H28N2O. The van der Waals surface area contributed by atoms with E-state index in [2.05, 4.69) is 43.4 Å². The molecule has 2 rings (SSSR count). The topological polar surface area (TPSA) is 32.3 Å². The fraction of sp³-hybridized carbons (Fsp3) is 0.611. The van der Waals surface area contributed by atoms with Crippen molar-refractivity contribution in [3.63, 3.8) is 0 Å². The van der Waals surface area contributed by atoms with Crippen molar-refractivity contribution < 1.29 is 4.79 Å². The van der Waals surface area contributed by atoms with Crippen LogP contribution in [0.2, 0.25) is 0 Å². The maximum atomic E-state index is 11.3. The Morgan fingerprint density at radius 2 is 2.10 bits per heavy atom. The summed E-state index contributed by atoms with van der Waals surface area (Å²) in [5.41, 5.74) is 2.35. The minimum Gasteiger partial charge on any atom is -0.382 e. The van der Waals surface area contributed by atoms with Crippen LogP contribution in [0.1, 0.15) is 45.6 Å². The van der Waals surface area contributed by atoms with Crippen molar-refractivity contribution >= 4 is 11.6 Å². The molecular weight excluding hydrogens is 260 g/mol. The Kier molecular flexibility index (Phi) is 5.27. The third-order valence-electron chi connectivity index (χ3n) is 4.94. The fourth-order valence-corrected chi connectivity index (χ4v) is 3.14. The summed E-state index contributed by atoms with van der Waals surface area (Å²) in [6.07, 6.45) is 3.92. The lowest BCUT2D eigenvalue weighted by atomic mass is 9.78. The zero-order valence-corrected chi connectivity index (χ0v) is 13.7. The third-order valence-corrected chi connectivity index (χ3v) is 4.94. The lowest BCUT2D eigenvalue weighted by molar-refractivity contribution is -0.128. The van der Waals surface area contributed by atoms with Gasteiger partial charge in [-0.05, 0) is 36.0 Å². The van der Waals surface area contributed by atoms with Gasteiger partial charge >= 0.3 is 0 Å². The zero-order valence-electron chi connectivity index (χ0n) is 13.7. The Hall–Kier alpha value is -1.51. The molecule has 1 aliphatic rings. The monoisotopic (exact) mass is 288 g/mol. The molecule has 1 saturated carbocycles. The summed E-state index contributed by atoms with van der Waals surface area (Å²) in [7, 11) is 1.84. The highest BCUT2D eigenvalue weighted by atomic mass is 16.2. The van der Waals surface area contributed by atoms with Crippen molar-refractivity contribution in [1.82, 2.24) is 4.90 Å². The molecule has 0 aliphatic heterocycles. The standard InChI is InChI=1S/C18H28N2O/c1-13-7-5-10-18(14(13)2)19-17-9-6-8-16(11-17)12-20(4)15(3)21/h6,8-9,11,13-14,18-19H,5,7,10,12H2,1-4H3. The van der Waals surface area contributed by atoms with Crippen LogP contribution < -0.4 is 5.32 Å². The van der Waals surface area contributed by atoms with Gasteiger partial charge < -0.3 is 10.2 Å². The summed E-state index contributed by atoms with van der Waals surface area (Å²) < 4.78 is 0. The van der Waals surface area contributed by atoms with Crippen LogP contribution in [0.5, 0.6) is 0 Å². The highest BCUT2D eigenvalue weighted by Crippen LogP contribution is 2.31. The molecule has 0 bridgehead atoms. The van der Waals surface area contributed by atoms with Gasteiger partial charge in [-0.25, -0.2) is 0 Å². The molecule has 1 aromatic rings. The van der Waals surface area contributed by atoms with E-state index in [4.69, 9.17) is 0 Å². The first-order valence-electron chi connectivity index (χ1n) is 8.04. The first kappa shape index (κ1) is 15.9. The predicted octanol–water partition coefficient (Wildman–Crippen LogP) is 3.90. The average molecular weight is 288 g/mol. The number of rotatable bonds is 4. The van der Waals surface area contributed by atoms with Crippen LogP contribution >= 0.6 is 0 Å². The van der Waals surface area contributed by atoms with E-state index in [0.717, 1.165) is 5.92 Å². The number of amides is 1. The predicted molar refractivity (Wildman–Crippen MR) is 88.2 cm³/mol. The van der Waals surface area contributed by atoms with Gasteiger partial charge in [-0.3, -0.25) is 4.79 Å². The van der Waals surface area contributed by atoms with Gasteiger partial charge in [-0.15, -0.1) is 0 Å². The van der Waals surface area contributed by atoms with Crippen molar-refractivity contribution in [3.05, 3.63) is 29.8 Å². The lowest BCUT2D eigenvalue weighted by Gasteiger charge is -2.35. The van der Waals surface area contributed by atoms with Crippen LogP contribution in [0.15, 0.2) is 24.3 Å². The number of nitrogens with one attached hydrogen (secondary N) is 1. The maximum absolute atomic E-state index is 11.3. The van der Waals surface area contributed by atoms with Gasteiger partial charge in [-0.1, -0.05) is 38.8 Å². The van der Waals surface area contributed by atoms with Crippen LogP contribution in [-0.4, -0.2) is 23.9 Å². The SMILES string of the molecule is CC(=O)N(C)Cc1cccc(NC2CCCC(C)C2C)c1. The molecule has 1 fully saturated rings. The van der Waals surface area contributed by atoms with Gasteiger partial charge in [0.25, 0.3) is 0 Å². The second-order valence-corrected chi connectivity index (χ2v) is 6.59. The molecule has 0 aromatic heterocycles. The molecule has 1 aromatic carbocycles. The summed E-state index contributed by atoms with van der Waals surface area (Å²) in [4.78, 5) is 13.1. The molecule has 3 nitrogen and oxygen atoms in total.